The van der Waals surface area contributed by atoms with Crippen molar-refractivity contribution in [3.8, 4) is 0 Å². The van der Waals surface area contributed by atoms with Gasteiger partial charge in [-0.1, -0.05) is 38.5 Å². The fraction of sp³-hybridized carbons (Fsp3) is 0.533. The summed E-state index contributed by atoms with van der Waals surface area (Å²) in [6, 6.07) is 8.41. The molecule has 2 N–H and O–H groups in total. The van der Waals surface area contributed by atoms with Gasteiger partial charge in [-0.25, -0.2) is 0 Å². The Morgan fingerprint density at radius 2 is 1.94 bits per heavy atom. The van der Waals surface area contributed by atoms with Gasteiger partial charge in [-0.3, -0.25) is 4.79 Å². The molecular formula is C15H24N2O. The molecule has 0 spiro atoms. The molecule has 100 valence electrons. The first-order valence-electron chi connectivity index (χ1n) is 6.63. The van der Waals surface area contributed by atoms with Crippen LogP contribution in [-0.2, 0) is 11.2 Å². The summed E-state index contributed by atoms with van der Waals surface area (Å²) in [5.74, 6) is 0.651. The highest BCUT2D eigenvalue weighted by atomic mass is 16.1. The van der Waals surface area contributed by atoms with E-state index >= 15 is 0 Å². The Balaban J connectivity index is 2.78. The highest BCUT2D eigenvalue weighted by Crippen LogP contribution is 2.19. The molecule has 0 saturated carbocycles. The molecule has 2 unspecified atom stereocenters. The summed E-state index contributed by atoms with van der Waals surface area (Å²) in [6.07, 6.45) is 1.57. The van der Waals surface area contributed by atoms with Gasteiger partial charge >= 0.3 is 0 Å². The molecule has 0 aliphatic heterocycles. The van der Waals surface area contributed by atoms with E-state index < -0.39 is 0 Å². The summed E-state index contributed by atoms with van der Waals surface area (Å²) in [6.45, 7) is 6.61. The minimum atomic E-state index is 0.0421. The molecule has 1 rings (SSSR count). The standard InChI is InChI=1S/C15H24N2O/c1-5-11(2)12(3)17-14-9-7-6-8-13(14)10-15(18)16-4/h6-9,11-12,17H,5,10H2,1-4H3,(H,16,18). The Morgan fingerprint density at radius 1 is 1.28 bits per heavy atom. The van der Waals surface area contributed by atoms with E-state index in [0.717, 1.165) is 17.7 Å². The van der Waals surface area contributed by atoms with Crippen LogP contribution in [0.1, 0.15) is 32.8 Å². The number of likely N-dealkylation sites (N-methyl/N-ethyl adjacent to an activating group) is 1. The molecule has 2 atom stereocenters. The van der Waals surface area contributed by atoms with Crippen molar-refractivity contribution in [1.29, 1.82) is 0 Å². The number of hydrogen-bond donors (Lipinski definition) is 2. The van der Waals surface area contributed by atoms with Crippen molar-refractivity contribution < 1.29 is 4.79 Å². The highest BCUT2D eigenvalue weighted by molar-refractivity contribution is 5.80. The van der Waals surface area contributed by atoms with Gasteiger partial charge in [0.25, 0.3) is 0 Å². The Hall–Kier alpha value is -1.51. The van der Waals surface area contributed by atoms with Crippen molar-refractivity contribution in [2.45, 2.75) is 39.7 Å². The normalized spacial score (nSPS) is 13.8. The molecule has 0 fully saturated rings. The lowest BCUT2D eigenvalue weighted by Crippen LogP contribution is -2.25. The van der Waals surface area contributed by atoms with E-state index in [0.29, 0.717) is 18.4 Å². The van der Waals surface area contributed by atoms with Crippen LogP contribution in [0.2, 0.25) is 0 Å². The molecule has 18 heavy (non-hydrogen) atoms. The molecular weight excluding hydrogens is 224 g/mol. The number of hydrogen-bond acceptors (Lipinski definition) is 2. The number of nitrogens with one attached hydrogen (secondary N) is 2. The van der Waals surface area contributed by atoms with Crippen molar-refractivity contribution in [3.63, 3.8) is 0 Å². The molecule has 0 heterocycles. The van der Waals surface area contributed by atoms with Crippen molar-refractivity contribution in [1.82, 2.24) is 5.32 Å². The molecule has 1 amide bonds. The van der Waals surface area contributed by atoms with Gasteiger partial charge in [0.2, 0.25) is 5.91 Å². The van der Waals surface area contributed by atoms with Gasteiger partial charge in [-0.05, 0) is 24.5 Å². The summed E-state index contributed by atoms with van der Waals surface area (Å²) in [5.41, 5.74) is 2.11. The molecule has 3 nitrogen and oxygen atoms in total. The molecule has 1 aromatic carbocycles. The number of carbonyl (C=O) groups excluding carboxylic acids is 1. The predicted octanol–water partition coefficient (Wildman–Crippen LogP) is 2.82. The monoisotopic (exact) mass is 248 g/mol. The molecule has 0 bridgehead atoms. The molecule has 0 saturated heterocycles. The second-order valence-electron chi connectivity index (χ2n) is 4.83. The molecule has 0 radical (unpaired) electrons. The molecule has 3 heteroatoms. The molecule has 0 aliphatic carbocycles. The summed E-state index contributed by atoms with van der Waals surface area (Å²) in [7, 11) is 1.67. The van der Waals surface area contributed by atoms with Crippen molar-refractivity contribution in [2.75, 3.05) is 12.4 Å². The Labute approximate surface area is 110 Å². The van der Waals surface area contributed by atoms with E-state index in [1.165, 1.54) is 0 Å². The summed E-state index contributed by atoms with van der Waals surface area (Å²) in [4.78, 5) is 11.5. The van der Waals surface area contributed by atoms with Crippen LogP contribution in [0.3, 0.4) is 0 Å². The van der Waals surface area contributed by atoms with Crippen molar-refractivity contribution in [2.24, 2.45) is 5.92 Å². The first-order chi connectivity index (χ1) is 8.58. The summed E-state index contributed by atoms with van der Waals surface area (Å²) >= 11 is 0. The van der Waals surface area contributed by atoms with Gasteiger partial charge in [0.05, 0.1) is 6.42 Å². The second-order valence-corrected chi connectivity index (χ2v) is 4.83. The van der Waals surface area contributed by atoms with Gasteiger partial charge in [0.1, 0.15) is 0 Å². The van der Waals surface area contributed by atoms with Crippen LogP contribution in [0.15, 0.2) is 24.3 Å². The van der Waals surface area contributed by atoms with Gasteiger partial charge in [-0.2, -0.15) is 0 Å². The SMILES string of the molecule is CCC(C)C(C)Nc1ccccc1CC(=O)NC. The maximum atomic E-state index is 11.5. The summed E-state index contributed by atoms with van der Waals surface area (Å²) in [5, 5.41) is 6.17. The number of rotatable bonds is 6. The zero-order valence-electron chi connectivity index (χ0n) is 11.8. The van der Waals surface area contributed by atoms with Crippen LogP contribution in [0.4, 0.5) is 5.69 Å². The number of amides is 1. The number of anilines is 1. The molecule has 1 aromatic rings. The Morgan fingerprint density at radius 3 is 2.56 bits per heavy atom. The maximum absolute atomic E-state index is 11.5. The predicted molar refractivity (Wildman–Crippen MR) is 76.8 cm³/mol. The highest BCUT2D eigenvalue weighted by Gasteiger charge is 2.12. The number of benzene rings is 1. The van der Waals surface area contributed by atoms with E-state index in [4.69, 9.17) is 0 Å². The van der Waals surface area contributed by atoms with Crippen LogP contribution in [0.5, 0.6) is 0 Å². The first kappa shape index (κ1) is 14.6. The van der Waals surface area contributed by atoms with Gasteiger partial charge in [0.15, 0.2) is 0 Å². The van der Waals surface area contributed by atoms with Crippen LogP contribution >= 0.6 is 0 Å². The quantitative estimate of drug-likeness (QED) is 0.813. The van der Waals surface area contributed by atoms with Gasteiger partial charge in [0, 0.05) is 18.8 Å². The zero-order valence-corrected chi connectivity index (χ0v) is 11.8. The second kappa shape index (κ2) is 7.04. The molecule has 0 aliphatic rings. The average Bonchev–Trinajstić information content (AvgIpc) is 2.39. The van der Waals surface area contributed by atoms with Gasteiger partial charge < -0.3 is 10.6 Å². The topological polar surface area (TPSA) is 41.1 Å². The third-order valence-corrected chi connectivity index (χ3v) is 3.53. The fourth-order valence-corrected chi connectivity index (χ4v) is 1.82. The Kier molecular flexibility index (Phi) is 5.69. The van der Waals surface area contributed by atoms with E-state index in [9.17, 15) is 4.79 Å². The minimum absolute atomic E-state index is 0.0421. The van der Waals surface area contributed by atoms with Crippen molar-refractivity contribution >= 4 is 11.6 Å². The fourth-order valence-electron chi connectivity index (χ4n) is 1.82. The van der Waals surface area contributed by atoms with Crippen LogP contribution in [-0.4, -0.2) is 19.0 Å². The van der Waals surface area contributed by atoms with Crippen LogP contribution in [0.25, 0.3) is 0 Å². The van der Waals surface area contributed by atoms with E-state index in [1.807, 2.05) is 24.3 Å². The van der Waals surface area contributed by atoms with E-state index in [2.05, 4.69) is 31.4 Å². The van der Waals surface area contributed by atoms with E-state index in [-0.39, 0.29) is 5.91 Å². The third-order valence-electron chi connectivity index (χ3n) is 3.53. The first-order valence-corrected chi connectivity index (χ1v) is 6.63. The van der Waals surface area contributed by atoms with Gasteiger partial charge in [-0.15, -0.1) is 0 Å². The largest absolute Gasteiger partial charge is 0.382 e. The third kappa shape index (κ3) is 4.06. The lowest BCUT2D eigenvalue weighted by molar-refractivity contribution is -0.119. The Bertz CT molecular complexity index is 390. The summed E-state index contributed by atoms with van der Waals surface area (Å²) < 4.78 is 0. The molecule has 0 aromatic heterocycles. The zero-order chi connectivity index (χ0) is 13.5. The smallest absolute Gasteiger partial charge is 0.224 e. The lowest BCUT2D eigenvalue weighted by atomic mass is 9.99. The maximum Gasteiger partial charge on any atom is 0.224 e. The van der Waals surface area contributed by atoms with E-state index in [1.54, 1.807) is 7.05 Å². The average molecular weight is 248 g/mol. The number of carbonyl (C=O) groups is 1. The minimum Gasteiger partial charge on any atom is -0.382 e. The van der Waals surface area contributed by atoms with Crippen LogP contribution < -0.4 is 10.6 Å². The van der Waals surface area contributed by atoms with Crippen molar-refractivity contribution in [3.05, 3.63) is 29.8 Å². The number of para-hydroxylation sites is 1. The van der Waals surface area contributed by atoms with Crippen LogP contribution in [0, 0.1) is 5.92 Å². The lowest BCUT2D eigenvalue weighted by Gasteiger charge is -2.22.